The second-order valence-electron chi connectivity index (χ2n) is 16.7. The molecule has 0 radical (unpaired) electrons. The summed E-state index contributed by atoms with van der Waals surface area (Å²) in [6.07, 6.45) is 59.9. The van der Waals surface area contributed by atoms with E-state index >= 15 is 0 Å². The van der Waals surface area contributed by atoms with Crippen LogP contribution < -0.4 is 5.32 Å². The van der Waals surface area contributed by atoms with Gasteiger partial charge in [-0.15, -0.1) is 0 Å². The number of hydrogen-bond donors (Lipinski definition) is 4. The second-order valence-corrected chi connectivity index (χ2v) is 16.7. The van der Waals surface area contributed by atoms with E-state index in [0.29, 0.717) is 6.42 Å². The van der Waals surface area contributed by atoms with Gasteiger partial charge in [0.25, 0.3) is 0 Å². The van der Waals surface area contributed by atoms with Crippen LogP contribution in [0.4, 0.5) is 0 Å². The standard InChI is InChI=1S/C51H95NO4/c1-3-5-7-9-11-13-15-17-19-20-21-22-23-24-25-26-27-28-29-30-31-32-34-36-38-40-42-44-48(54)46-51(56)52-49(47-53)50(55)45-43-41-39-37-35-33-18-16-14-12-10-8-6-4-2/h14,16,24-25,35,37,43,45,48-50,53-55H,3-13,15,17-23,26-34,36,38-42,44,46-47H2,1-2H3,(H,52,56)/b16-14+,25-24-,37-35+,45-43+. The molecule has 0 aromatic rings. The lowest BCUT2D eigenvalue weighted by Crippen LogP contribution is -2.45. The summed E-state index contributed by atoms with van der Waals surface area (Å²) in [4.78, 5) is 12.4. The van der Waals surface area contributed by atoms with E-state index in [-0.39, 0.29) is 18.9 Å². The van der Waals surface area contributed by atoms with Gasteiger partial charge in [-0.2, -0.15) is 0 Å². The molecule has 5 heteroatoms. The van der Waals surface area contributed by atoms with Crippen molar-refractivity contribution in [3.63, 3.8) is 0 Å². The van der Waals surface area contributed by atoms with E-state index < -0.39 is 18.2 Å². The lowest BCUT2D eigenvalue weighted by molar-refractivity contribution is -0.124. The van der Waals surface area contributed by atoms with Gasteiger partial charge in [0.2, 0.25) is 5.91 Å². The van der Waals surface area contributed by atoms with Crippen LogP contribution in [0.25, 0.3) is 0 Å². The first kappa shape index (κ1) is 54.3. The number of carbonyl (C=O) groups excluding carboxylic acids is 1. The molecule has 0 bridgehead atoms. The fourth-order valence-electron chi connectivity index (χ4n) is 7.31. The normalized spacial score (nSPS) is 13.9. The molecule has 1 amide bonds. The smallest absolute Gasteiger partial charge is 0.222 e. The Morgan fingerprint density at radius 3 is 1.16 bits per heavy atom. The number of aliphatic hydroxyl groups excluding tert-OH is 3. The van der Waals surface area contributed by atoms with Crippen LogP contribution in [0.3, 0.4) is 0 Å². The van der Waals surface area contributed by atoms with Gasteiger partial charge in [-0.1, -0.05) is 217 Å². The molecule has 3 atom stereocenters. The van der Waals surface area contributed by atoms with Crippen LogP contribution in [0.2, 0.25) is 0 Å². The molecule has 0 aromatic heterocycles. The lowest BCUT2D eigenvalue weighted by Gasteiger charge is -2.21. The molecule has 0 aromatic carbocycles. The van der Waals surface area contributed by atoms with Gasteiger partial charge in [0.1, 0.15) is 0 Å². The number of rotatable bonds is 44. The minimum atomic E-state index is -0.960. The first-order valence-electron chi connectivity index (χ1n) is 24.4. The molecule has 3 unspecified atom stereocenters. The number of hydrogen-bond acceptors (Lipinski definition) is 4. The molecular weight excluding hydrogens is 691 g/mol. The zero-order valence-electron chi connectivity index (χ0n) is 37.3. The maximum atomic E-state index is 12.4. The number of allylic oxidation sites excluding steroid dienone is 7. The Labute approximate surface area is 348 Å². The Bertz CT molecular complexity index is 912. The van der Waals surface area contributed by atoms with Crippen LogP contribution >= 0.6 is 0 Å². The molecule has 0 saturated heterocycles. The molecule has 0 aliphatic rings. The van der Waals surface area contributed by atoms with Crippen LogP contribution in [0.1, 0.15) is 245 Å². The maximum absolute atomic E-state index is 12.4. The van der Waals surface area contributed by atoms with E-state index in [1.54, 1.807) is 6.08 Å². The van der Waals surface area contributed by atoms with E-state index in [1.165, 1.54) is 180 Å². The highest BCUT2D eigenvalue weighted by atomic mass is 16.3. The Morgan fingerprint density at radius 2 is 0.768 bits per heavy atom. The van der Waals surface area contributed by atoms with Crippen molar-refractivity contribution in [2.45, 2.75) is 263 Å². The van der Waals surface area contributed by atoms with Gasteiger partial charge in [0.05, 0.1) is 31.3 Å². The van der Waals surface area contributed by atoms with Gasteiger partial charge in [-0.05, 0) is 70.6 Å². The summed E-state index contributed by atoms with van der Waals surface area (Å²) in [6, 6.07) is -0.768. The van der Waals surface area contributed by atoms with E-state index in [9.17, 15) is 20.1 Å². The summed E-state index contributed by atoms with van der Waals surface area (Å²) in [5.74, 6) is -0.330. The van der Waals surface area contributed by atoms with Crippen molar-refractivity contribution in [3.05, 3.63) is 48.6 Å². The number of unbranched alkanes of at least 4 members (excludes halogenated alkanes) is 29. The molecule has 0 spiro atoms. The molecule has 56 heavy (non-hydrogen) atoms. The third-order valence-electron chi connectivity index (χ3n) is 11.1. The molecule has 5 nitrogen and oxygen atoms in total. The van der Waals surface area contributed by atoms with E-state index in [4.69, 9.17) is 0 Å². The van der Waals surface area contributed by atoms with Gasteiger partial charge in [-0.3, -0.25) is 4.79 Å². The van der Waals surface area contributed by atoms with Crippen molar-refractivity contribution in [1.82, 2.24) is 5.32 Å². The van der Waals surface area contributed by atoms with Gasteiger partial charge in [0, 0.05) is 0 Å². The fraction of sp³-hybridized carbons (Fsp3) is 0.824. The lowest BCUT2D eigenvalue weighted by atomic mass is 10.0. The minimum absolute atomic E-state index is 0.00153. The molecule has 0 rings (SSSR count). The van der Waals surface area contributed by atoms with Gasteiger partial charge < -0.3 is 20.6 Å². The summed E-state index contributed by atoms with van der Waals surface area (Å²) in [7, 11) is 0. The molecule has 0 fully saturated rings. The average molecular weight is 786 g/mol. The Morgan fingerprint density at radius 1 is 0.446 bits per heavy atom. The van der Waals surface area contributed by atoms with Gasteiger partial charge >= 0.3 is 0 Å². The van der Waals surface area contributed by atoms with Crippen molar-refractivity contribution < 1.29 is 20.1 Å². The van der Waals surface area contributed by atoms with Crippen LogP contribution in [0.5, 0.6) is 0 Å². The van der Waals surface area contributed by atoms with Gasteiger partial charge in [-0.25, -0.2) is 0 Å². The quantitative estimate of drug-likeness (QED) is 0.0366. The van der Waals surface area contributed by atoms with E-state index in [1.807, 2.05) is 6.08 Å². The molecule has 0 aliphatic heterocycles. The van der Waals surface area contributed by atoms with Crippen molar-refractivity contribution >= 4 is 5.91 Å². The first-order valence-corrected chi connectivity index (χ1v) is 24.4. The Balaban J connectivity index is 3.61. The molecule has 328 valence electrons. The van der Waals surface area contributed by atoms with Crippen molar-refractivity contribution in [2.75, 3.05) is 6.61 Å². The van der Waals surface area contributed by atoms with Crippen LogP contribution in [0, 0.1) is 0 Å². The van der Waals surface area contributed by atoms with Crippen LogP contribution in [0.15, 0.2) is 48.6 Å². The molecule has 4 N–H and O–H groups in total. The Hall–Kier alpha value is -1.69. The third-order valence-corrected chi connectivity index (χ3v) is 11.1. The Kier molecular flexibility index (Phi) is 44.6. The molecular formula is C51H95NO4. The van der Waals surface area contributed by atoms with Crippen molar-refractivity contribution in [1.29, 1.82) is 0 Å². The highest BCUT2D eigenvalue weighted by molar-refractivity contribution is 5.76. The fourth-order valence-corrected chi connectivity index (χ4v) is 7.31. The summed E-state index contributed by atoms with van der Waals surface area (Å²) in [5, 5.41) is 33.2. The third kappa shape index (κ3) is 41.9. The summed E-state index contributed by atoms with van der Waals surface area (Å²) >= 11 is 0. The summed E-state index contributed by atoms with van der Waals surface area (Å²) in [5.41, 5.74) is 0. The molecule has 0 aliphatic carbocycles. The number of carbonyl (C=O) groups is 1. The minimum Gasteiger partial charge on any atom is -0.394 e. The topological polar surface area (TPSA) is 89.8 Å². The molecule has 0 heterocycles. The maximum Gasteiger partial charge on any atom is 0.222 e. The average Bonchev–Trinajstić information content (AvgIpc) is 3.19. The monoisotopic (exact) mass is 786 g/mol. The summed E-state index contributed by atoms with van der Waals surface area (Å²) < 4.78 is 0. The van der Waals surface area contributed by atoms with Crippen molar-refractivity contribution in [3.8, 4) is 0 Å². The predicted octanol–water partition coefficient (Wildman–Crippen LogP) is 14.5. The van der Waals surface area contributed by atoms with Crippen LogP contribution in [-0.4, -0.2) is 46.1 Å². The zero-order valence-corrected chi connectivity index (χ0v) is 37.3. The van der Waals surface area contributed by atoms with E-state index in [2.05, 4.69) is 55.6 Å². The van der Waals surface area contributed by atoms with Crippen LogP contribution in [-0.2, 0) is 4.79 Å². The van der Waals surface area contributed by atoms with Gasteiger partial charge in [0.15, 0.2) is 0 Å². The summed E-state index contributed by atoms with van der Waals surface area (Å²) in [6.45, 7) is 4.18. The number of nitrogens with one attached hydrogen (secondary N) is 1. The first-order chi connectivity index (χ1) is 27.5. The second kappa shape index (κ2) is 46.0. The predicted molar refractivity (Wildman–Crippen MR) is 245 cm³/mol. The van der Waals surface area contributed by atoms with E-state index in [0.717, 1.165) is 38.5 Å². The largest absolute Gasteiger partial charge is 0.394 e. The highest BCUT2D eigenvalue weighted by Gasteiger charge is 2.20. The number of amides is 1. The number of aliphatic hydroxyl groups is 3. The molecule has 0 saturated carbocycles. The van der Waals surface area contributed by atoms with Crippen molar-refractivity contribution in [2.24, 2.45) is 0 Å². The highest BCUT2D eigenvalue weighted by Crippen LogP contribution is 2.15. The SMILES string of the molecule is CCCCCC/C=C/CC/C=C/CC/C=C/C(O)C(CO)NC(=O)CC(O)CCCCCCCCCCCCC/C=C\CCCCCCCCCCCCCC. The zero-order chi connectivity index (χ0) is 40.8.